The van der Waals surface area contributed by atoms with E-state index < -0.39 is 0 Å². The van der Waals surface area contributed by atoms with Crippen LogP contribution in [0.25, 0.3) is 0 Å². The largest absolute Gasteiger partial charge is 0.311 e. The van der Waals surface area contributed by atoms with Crippen LogP contribution in [0.3, 0.4) is 0 Å². The lowest BCUT2D eigenvalue weighted by Gasteiger charge is -2.43. The lowest BCUT2D eigenvalue weighted by atomic mass is 9.99. The second-order valence-electron chi connectivity index (χ2n) is 6.00. The summed E-state index contributed by atoms with van der Waals surface area (Å²) in [5.41, 5.74) is 0. The maximum atomic E-state index is 3.73. The van der Waals surface area contributed by atoms with Crippen LogP contribution in [-0.4, -0.2) is 36.1 Å². The average molecular weight is 254 g/mol. The highest BCUT2D eigenvalue weighted by molar-refractivity contribution is 4.87. The second-order valence-corrected chi connectivity index (χ2v) is 6.00. The molecule has 0 aromatic rings. The molecule has 1 N–H and O–H groups in total. The van der Waals surface area contributed by atoms with Crippen molar-refractivity contribution in [1.82, 2.24) is 10.2 Å². The van der Waals surface area contributed by atoms with Gasteiger partial charge < -0.3 is 5.32 Å². The lowest BCUT2D eigenvalue weighted by molar-refractivity contribution is 0.0785. The first-order chi connectivity index (χ1) is 8.72. The van der Waals surface area contributed by atoms with E-state index in [2.05, 4.69) is 37.9 Å². The van der Waals surface area contributed by atoms with Gasteiger partial charge in [-0.3, -0.25) is 4.90 Å². The maximum absolute atomic E-state index is 3.73. The Morgan fingerprint density at radius 1 is 1.17 bits per heavy atom. The van der Waals surface area contributed by atoms with Crippen LogP contribution in [0.15, 0.2) is 0 Å². The SMILES string of the molecule is CCCCCC(C)N1CC(CCC)NCC1CC. The third-order valence-electron chi connectivity index (χ3n) is 4.44. The molecule has 1 aliphatic heterocycles. The summed E-state index contributed by atoms with van der Waals surface area (Å²) in [7, 11) is 0. The van der Waals surface area contributed by atoms with Crippen molar-refractivity contribution in [3.05, 3.63) is 0 Å². The molecule has 3 unspecified atom stereocenters. The summed E-state index contributed by atoms with van der Waals surface area (Å²) < 4.78 is 0. The van der Waals surface area contributed by atoms with Gasteiger partial charge in [0.1, 0.15) is 0 Å². The first-order valence-corrected chi connectivity index (χ1v) is 8.21. The minimum absolute atomic E-state index is 0.728. The summed E-state index contributed by atoms with van der Waals surface area (Å²) >= 11 is 0. The molecule has 1 aliphatic rings. The Balaban J connectivity index is 2.45. The number of piperazine rings is 1. The topological polar surface area (TPSA) is 15.3 Å². The highest BCUT2D eigenvalue weighted by atomic mass is 15.2. The van der Waals surface area contributed by atoms with Crippen molar-refractivity contribution in [3.63, 3.8) is 0 Å². The predicted molar refractivity (Wildman–Crippen MR) is 81.1 cm³/mol. The Morgan fingerprint density at radius 3 is 2.56 bits per heavy atom. The molecule has 0 aliphatic carbocycles. The lowest BCUT2D eigenvalue weighted by Crippen LogP contribution is -2.58. The fourth-order valence-corrected chi connectivity index (χ4v) is 3.20. The maximum Gasteiger partial charge on any atom is 0.0221 e. The summed E-state index contributed by atoms with van der Waals surface area (Å²) in [5.74, 6) is 0. The van der Waals surface area contributed by atoms with E-state index in [9.17, 15) is 0 Å². The summed E-state index contributed by atoms with van der Waals surface area (Å²) in [6.07, 6.45) is 9.42. The number of rotatable bonds is 8. The van der Waals surface area contributed by atoms with Gasteiger partial charge in [0.2, 0.25) is 0 Å². The van der Waals surface area contributed by atoms with E-state index in [0.717, 1.165) is 18.1 Å². The fourth-order valence-electron chi connectivity index (χ4n) is 3.20. The summed E-state index contributed by atoms with van der Waals surface area (Å²) in [5, 5.41) is 3.73. The minimum atomic E-state index is 0.728. The van der Waals surface area contributed by atoms with E-state index in [1.807, 2.05) is 0 Å². The van der Waals surface area contributed by atoms with Crippen molar-refractivity contribution in [3.8, 4) is 0 Å². The molecule has 0 aromatic heterocycles. The van der Waals surface area contributed by atoms with Gasteiger partial charge in [0, 0.05) is 31.2 Å². The van der Waals surface area contributed by atoms with Crippen LogP contribution < -0.4 is 5.32 Å². The second kappa shape index (κ2) is 8.92. The van der Waals surface area contributed by atoms with Crippen LogP contribution in [0.1, 0.15) is 72.6 Å². The van der Waals surface area contributed by atoms with Crippen LogP contribution in [-0.2, 0) is 0 Å². The van der Waals surface area contributed by atoms with E-state index in [-0.39, 0.29) is 0 Å². The van der Waals surface area contributed by atoms with Gasteiger partial charge in [-0.05, 0) is 26.2 Å². The van der Waals surface area contributed by atoms with Gasteiger partial charge in [-0.25, -0.2) is 0 Å². The van der Waals surface area contributed by atoms with Crippen molar-refractivity contribution in [1.29, 1.82) is 0 Å². The molecule has 1 fully saturated rings. The molecule has 0 spiro atoms. The van der Waals surface area contributed by atoms with Crippen LogP contribution in [0.5, 0.6) is 0 Å². The van der Waals surface area contributed by atoms with Gasteiger partial charge in [0.15, 0.2) is 0 Å². The molecular weight excluding hydrogens is 220 g/mol. The van der Waals surface area contributed by atoms with E-state index in [4.69, 9.17) is 0 Å². The molecule has 0 radical (unpaired) electrons. The quantitative estimate of drug-likeness (QED) is 0.663. The van der Waals surface area contributed by atoms with E-state index in [1.165, 1.54) is 58.0 Å². The Hall–Kier alpha value is -0.0800. The number of hydrogen-bond acceptors (Lipinski definition) is 2. The van der Waals surface area contributed by atoms with E-state index in [1.54, 1.807) is 0 Å². The smallest absolute Gasteiger partial charge is 0.0221 e. The number of unbranched alkanes of at least 4 members (excludes halogenated alkanes) is 2. The Kier molecular flexibility index (Phi) is 7.92. The van der Waals surface area contributed by atoms with Gasteiger partial charge in [-0.2, -0.15) is 0 Å². The zero-order chi connectivity index (χ0) is 13.4. The fraction of sp³-hybridized carbons (Fsp3) is 1.00. The first-order valence-electron chi connectivity index (χ1n) is 8.21. The van der Waals surface area contributed by atoms with Gasteiger partial charge in [-0.1, -0.05) is 46.5 Å². The normalized spacial score (nSPS) is 27.3. The van der Waals surface area contributed by atoms with E-state index >= 15 is 0 Å². The monoisotopic (exact) mass is 254 g/mol. The zero-order valence-electron chi connectivity index (χ0n) is 13.0. The van der Waals surface area contributed by atoms with Gasteiger partial charge >= 0.3 is 0 Å². The van der Waals surface area contributed by atoms with Gasteiger partial charge in [0.05, 0.1) is 0 Å². The van der Waals surface area contributed by atoms with Crippen molar-refractivity contribution in [2.45, 2.75) is 90.8 Å². The third-order valence-corrected chi connectivity index (χ3v) is 4.44. The Bertz CT molecular complexity index is 205. The summed E-state index contributed by atoms with van der Waals surface area (Å²) in [4.78, 5) is 2.78. The molecule has 2 heteroatoms. The van der Waals surface area contributed by atoms with Crippen LogP contribution in [0.4, 0.5) is 0 Å². The molecule has 1 saturated heterocycles. The molecule has 0 aromatic carbocycles. The van der Waals surface area contributed by atoms with Crippen molar-refractivity contribution in [2.75, 3.05) is 13.1 Å². The molecule has 0 bridgehead atoms. The number of hydrogen-bond donors (Lipinski definition) is 1. The highest BCUT2D eigenvalue weighted by Crippen LogP contribution is 2.19. The Morgan fingerprint density at radius 2 is 1.94 bits per heavy atom. The minimum Gasteiger partial charge on any atom is -0.311 e. The average Bonchev–Trinajstić information content (AvgIpc) is 2.39. The van der Waals surface area contributed by atoms with Crippen molar-refractivity contribution < 1.29 is 0 Å². The Labute approximate surface area is 115 Å². The standard InChI is InChI=1S/C16H34N2/c1-5-8-9-11-14(4)18-13-15(10-6-2)17-12-16(18)7-3/h14-17H,5-13H2,1-4H3. The first kappa shape index (κ1) is 16.0. The van der Waals surface area contributed by atoms with Gasteiger partial charge in [0.25, 0.3) is 0 Å². The summed E-state index contributed by atoms with van der Waals surface area (Å²) in [6.45, 7) is 11.8. The van der Waals surface area contributed by atoms with E-state index in [0.29, 0.717) is 0 Å². The summed E-state index contributed by atoms with van der Waals surface area (Å²) in [6, 6.07) is 2.25. The molecule has 18 heavy (non-hydrogen) atoms. The van der Waals surface area contributed by atoms with Gasteiger partial charge in [-0.15, -0.1) is 0 Å². The number of nitrogens with zero attached hydrogens (tertiary/aromatic N) is 1. The van der Waals surface area contributed by atoms with Crippen molar-refractivity contribution >= 4 is 0 Å². The molecular formula is C16H34N2. The molecule has 1 heterocycles. The third kappa shape index (κ3) is 4.89. The van der Waals surface area contributed by atoms with Crippen LogP contribution in [0, 0.1) is 0 Å². The molecule has 0 amide bonds. The molecule has 108 valence electrons. The highest BCUT2D eigenvalue weighted by Gasteiger charge is 2.29. The predicted octanol–water partition coefficient (Wildman–Crippen LogP) is 3.81. The molecule has 3 atom stereocenters. The van der Waals surface area contributed by atoms with Crippen LogP contribution in [0.2, 0.25) is 0 Å². The van der Waals surface area contributed by atoms with Crippen molar-refractivity contribution in [2.24, 2.45) is 0 Å². The molecule has 1 rings (SSSR count). The van der Waals surface area contributed by atoms with Crippen LogP contribution >= 0.6 is 0 Å². The molecule has 2 nitrogen and oxygen atoms in total. The zero-order valence-corrected chi connectivity index (χ0v) is 13.0. The number of nitrogens with one attached hydrogen (secondary N) is 1. The molecule has 0 saturated carbocycles.